The molecule has 0 bridgehead atoms. The van der Waals surface area contributed by atoms with Gasteiger partial charge in [0.05, 0.1) is 25.0 Å². The van der Waals surface area contributed by atoms with Crippen LogP contribution in [-0.4, -0.2) is 57.4 Å². The molecule has 0 N–H and O–H groups in total. The minimum Gasteiger partial charge on any atom is -0.493 e. The maximum absolute atomic E-state index is 13.3. The van der Waals surface area contributed by atoms with Crippen molar-refractivity contribution in [2.45, 2.75) is 31.2 Å². The van der Waals surface area contributed by atoms with Crippen LogP contribution in [-0.2, 0) is 21.4 Å². The molecule has 3 rings (SSSR count). The Balaban J connectivity index is 1.73. The van der Waals surface area contributed by atoms with E-state index in [9.17, 15) is 17.6 Å². The van der Waals surface area contributed by atoms with Gasteiger partial charge < -0.3 is 14.4 Å². The molecule has 0 aromatic heterocycles. The second-order valence-electron chi connectivity index (χ2n) is 7.70. The lowest BCUT2D eigenvalue weighted by Crippen LogP contribution is -2.46. The van der Waals surface area contributed by atoms with E-state index < -0.39 is 21.8 Å². The van der Waals surface area contributed by atoms with Crippen molar-refractivity contribution in [3.63, 3.8) is 0 Å². The van der Waals surface area contributed by atoms with Gasteiger partial charge in [-0.25, -0.2) is 12.8 Å². The lowest BCUT2D eigenvalue weighted by Gasteiger charge is -2.34. The number of hydrogen-bond acceptors (Lipinski definition) is 5. The maximum Gasteiger partial charge on any atom is 0.243 e. The number of methoxy groups -OCH3 is 2. The first-order chi connectivity index (χ1) is 15.3. The fourth-order valence-corrected chi connectivity index (χ4v) is 5.44. The Labute approximate surface area is 188 Å². The van der Waals surface area contributed by atoms with Gasteiger partial charge in [0.2, 0.25) is 15.9 Å². The molecule has 1 saturated heterocycles. The number of nitrogens with zero attached hydrogens (tertiary/aromatic N) is 2. The summed E-state index contributed by atoms with van der Waals surface area (Å²) >= 11 is 0. The average Bonchev–Trinajstić information content (AvgIpc) is 2.82. The van der Waals surface area contributed by atoms with E-state index >= 15 is 0 Å². The Morgan fingerprint density at radius 2 is 1.81 bits per heavy atom. The van der Waals surface area contributed by atoms with Gasteiger partial charge in [-0.05, 0) is 61.7 Å². The number of carbonyl (C=O) groups excluding carboxylic acids is 1. The summed E-state index contributed by atoms with van der Waals surface area (Å²) < 4.78 is 51.1. The van der Waals surface area contributed by atoms with Crippen molar-refractivity contribution in [1.29, 1.82) is 0 Å². The third kappa shape index (κ3) is 5.21. The van der Waals surface area contributed by atoms with Crippen molar-refractivity contribution in [2.24, 2.45) is 5.92 Å². The number of sulfonamides is 1. The van der Waals surface area contributed by atoms with Gasteiger partial charge in [0.15, 0.2) is 11.5 Å². The standard InChI is InChI=1S/C23H29FN2O5S/c1-4-25(15-17-7-12-21(30-2)22(14-17)31-3)23(27)18-6-5-13-26(16-18)32(28,29)20-10-8-19(24)9-11-20/h7-12,14,18H,4-6,13,15-16H2,1-3H3/t18-/m0/s1. The molecular weight excluding hydrogens is 435 g/mol. The minimum absolute atomic E-state index is 0.0321. The van der Waals surface area contributed by atoms with Gasteiger partial charge in [-0.1, -0.05) is 6.07 Å². The number of piperidine rings is 1. The Morgan fingerprint density at radius 3 is 2.44 bits per heavy atom. The normalized spacial score (nSPS) is 17.1. The SMILES string of the molecule is CCN(Cc1ccc(OC)c(OC)c1)C(=O)[C@H]1CCCN(S(=O)(=O)c2ccc(F)cc2)C1. The molecule has 174 valence electrons. The molecule has 32 heavy (non-hydrogen) atoms. The first-order valence-corrected chi connectivity index (χ1v) is 12.0. The molecule has 7 nitrogen and oxygen atoms in total. The van der Waals surface area contributed by atoms with E-state index in [0.717, 1.165) is 17.7 Å². The smallest absolute Gasteiger partial charge is 0.243 e. The summed E-state index contributed by atoms with van der Waals surface area (Å²) in [6.07, 6.45) is 1.21. The van der Waals surface area contributed by atoms with Gasteiger partial charge >= 0.3 is 0 Å². The Morgan fingerprint density at radius 1 is 1.12 bits per heavy atom. The lowest BCUT2D eigenvalue weighted by atomic mass is 9.97. The van der Waals surface area contributed by atoms with Crippen LogP contribution in [0.1, 0.15) is 25.3 Å². The summed E-state index contributed by atoms with van der Waals surface area (Å²) in [5.41, 5.74) is 0.893. The molecule has 2 aromatic carbocycles. The maximum atomic E-state index is 13.3. The number of halogens is 1. The number of ether oxygens (including phenoxy) is 2. The van der Waals surface area contributed by atoms with Gasteiger partial charge in [-0.3, -0.25) is 4.79 Å². The highest BCUT2D eigenvalue weighted by atomic mass is 32.2. The minimum atomic E-state index is -3.79. The third-order valence-electron chi connectivity index (χ3n) is 5.70. The molecule has 0 spiro atoms. The van der Waals surface area contributed by atoms with Crippen LogP contribution >= 0.6 is 0 Å². The number of benzene rings is 2. The van der Waals surface area contributed by atoms with Crippen LogP contribution in [0.4, 0.5) is 4.39 Å². The van der Waals surface area contributed by atoms with Crippen molar-refractivity contribution in [3.05, 3.63) is 53.8 Å². The van der Waals surface area contributed by atoms with Crippen molar-refractivity contribution in [2.75, 3.05) is 33.9 Å². The zero-order chi connectivity index (χ0) is 23.3. The van der Waals surface area contributed by atoms with Crippen LogP contribution in [0.15, 0.2) is 47.4 Å². The summed E-state index contributed by atoms with van der Waals surface area (Å²) in [4.78, 5) is 15.0. The third-order valence-corrected chi connectivity index (χ3v) is 7.58. The van der Waals surface area contributed by atoms with E-state index in [4.69, 9.17) is 9.47 Å². The van der Waals surface area contributed by atoms with Gasteiger partial charge in [0, 0.05) is 26.2 Å². The van der Waals surface area contributed by atoms with Crippen molar-refractivity contribution in [1.82, 2.24) is 9.21 Å². The fourth-order valence-electron chi connectivity index (χ4n) is 3.92. The van der Waals surface area contributed by atoms with Gasteiger partial charge in [0.25, 0.3) is 0 Å². The van der Waals surface area contributed by atoms with Crippen molar-refractivity contribution >= 4 is 15.9 Å². The van der Waals surface area contributed by atoms with Crippen LogP contribution < -0.4 is 9.47 Å². The van der Waals surface area contributed by atoms with Gasteiger partial charge in [0.1, 0.15) is 5.82 Å². The van der Waals surface area contributed by atoms with E-state index in [1.165, 1.54) is 16.4 Å². The number of rotatable bonds is 8. The number of carbonyl (C=O) groups is 1. The molecule has 2 aromatic rings. The molecule has 1 heterocycles. The van der Waals surface area contributed by atoms with Crippen molar-refractivity contribution < 1.29 is 27.1 Å². The summed E-state index contributed by atoms with van der Waals surface area (Å²) in [7, 11) is -0.666. The molecule has 1 fully saturated rings. The Bertz CT molecular complexity index is 1040. The monoisotopic (exact) mass is 464 g/mol. The molecular formula is C23H29FN2O5S. The first kappa shape index (κ1) is 24.0. The molecule has 1 aliphatic rings. The Kier molecular flexibility index (Phi) is 7.73. The number of amides is 1. The van der Waals surface area contributed by atoms with E-state index in [2.05, 4.69) is 0 Å². The zero-order valence-corrected chi connectivity index (χ0v) is 19.4. The van der Waals surface area contributed by atoms with Crippen LogP contribution in [0.5, 0.6) is 11.5 Å². The van der Waals surface area contributed by atoms with Crippen molar-refractivity contribution in [3.8, 4) is 11.5 Å². The molecule has 9 heteroatoms. The topological polar surface area (TPSA) is 76.2 Å². The molecule has 0 radical (unpaired) electrons. The summed E-state index contributed by atoms with van der Waals surface area (Å²) in [5.74, 6) is 0.187. The first-order valence-electron chi connectivity index (χ1n) is 10.6. The largest absolute Gasteiger partial charge is 0.493 e. The van der Waals surface area contributed by atoms with Crippen LogP contribution in [0, 0.1) is 11.7 Å². The predicted octanol–water partition coefficient (Wildman–Crippen LogP) is 3.29. The lowest BCUT2D eigenvalue weighted by molar-refractivity contribution is -0.137. The molecule has 1 amide bonds. The van der Waals surface area contributed by atoms with E-state index in [0.29, 0.717) is 44.0 Å². The quantitative estimate of drug-likeness (QED) is 0.599. The van der Waals surface area contributed by atoms with Crippen LogP contribution in [0.2, 0.25) is 0 Å². The Hall–Kier alpha value is -2.65. The van der Waals surface area contributed by atoms with E-state index in [1.807, 2.05) is 19.1 Å². The molecule has 0 saturated carbocycles. The highest BCUT2D eigenvalue weighted by Crippen LogP contribution is 2.29. The van der Waals surface area contributed by atoms with Crippen LogP contribution in [0.3, 0.4) is 0 Å². The molecule has 0 aliphatic carbocycles. The zero-order valence-electron chi connectivity index (χ0n) is 18.6. The predicted molar refractivity (Wildman–Crippen MR) is 119 cm³/mol. The average molecular weight is 465 g/mol. The summed E-state index contributed by atoms with van der Waals surface area (Å²) in [6, 6.07) is 10.3. The number of hydrogen-bond donors (Lipinski definition) is 0. The fraction of sp³-hybridized carbons (Fsp3) is 0.435. The van der Waals surface area contributed by atoms with Gasteiger partial charge in [-0.15, -0.1) is 0 Å². The molecule has 0 unspecified atom stereocenters. The van der Waals surface area contributed by atoms with E-state index in [-0.39, 0.29) is 17.3 Å². The summed E-state index contributed by atoms with van der Waals surface area (Å²) in [6.45, 7) is 3.23. The molecule has 1 atom stereocenters. The highest BCUT2D eigenvalue weighted by Gasteiger charge is 2.35. The van der Waals surface area contributed by atoms with Crippen LogP contribution in [0.25, 0.3) is 0 Å². The molecule has 1 aliphatic heterocycles. The van der Waals surface area contributed by atoms with E-state index in [1.54, 1.807) is 25.2 Å². The second-order valence-corrected chi connectivity index (χ2v) is 9.64. The highest BCUT2D eigenvalue weighted by molar-refractivity contribution is 7.89. The second kappa shape index (κ2) is 10.3. The summed E-state index contributed by atoms with van der Waals surface area (Å²) in [5, 5.41) is 0. The van der Waals surface area contributed by atoms with Gasteiger partial charge in [-0.2, -0.15) is 4.31 Å².